The van der Waals surface area contributed by atoms with Crippen LogP contribution in [0.1, 0.15) is 67.2 Å². The van der Waals surface area contributed by atoms with Crippen molar-refractivity contribution in [2.24, 2.45) is 5.92 Å². The number of nitrogens with zero attached hydrogens (tertiary/aromatic N) is 2. The van der Waals surface area contributed by atoms with Crippen molar-refractivity contribution in [1.82, 2.24) is 9.88 Å². The highest BCUT2D eigenvalue weighted by Crippen LogP contribution is 2.37. The number of rotatable bonds is 2. The van der Waals surface area contributed by atoms with Crippen molar-refractivity contribution in [3.63, 3.8) is 0 Å². The summed E-state index contributed by atoms with van der Waals surface area (Å²) in [6.45, 7) is 2.39. The van der Waals surface area contributed by atoms with Crippen molar-refractivity contribution in [1.29, 1.82) is 0 Å². The van der Waals surface area contributed by atoms with Gasteiger partial charge in [0.25, 0.3) is 5.91 Å². The number of carbonyl (C=O) groups is 1. The third-order valence-corrected chi connectivity index (χ3v) is 5.57. The van der Waals surface area contributed by atoms with Crippen LogP contribution in [0.5, 0.6) is 0 Å². The number of amides is 1. The summed E-state index contributed by atoms with van der Waals surface area (Å²) in [4.78, 5) is 19.4. The van der Waals surface area contributed by atoms with Crippen LogP contribution in [0, 0.1) is 5.92 Å². The average Bonchev–Trinajstić information content (AvgIpc) is 3.24. The lowest BCUT2D eigenvalue weighted by molar-refractivity contribution is 0.0542. The van der Waals surface area contributed by atoms with Crippen molar-refractivity contribution in [2.45, 2.75) is 56.9 Å². The van der Waals surface area contributed by atoms with E-state index >= 15 is 0 Å². The Balaban J connectivity index is 1.49. The molecule has 1 aliphatic carbocycles. The lowest BCUT2D eigenvalue weighted by Gasteiger charge is -2.37. The van der Waals surface area contributed by atoms with E-state index in [4.69, 9.17) is 9.15 Å². The van der Waals surface area contributed by atoms with Crippen LogP contribution in [0.3, 0.4) is 0 Å². The van der Waals surface area contributed by atoms with Crippen molar-refractivity contribution < 1.29 is 13.9 Å². The second kappa shape index (κ2) is 6.03. The van der Waals surface area contributed by atoms with Crippen LogP contribution in [-0.2, 0) is 4.74 Å². The highest BCUT2D eigenvalue weighted by atomic mass is 16.5. The van der Waals surface area contributed by atoms with Gasteiger partial charge in [0.2, 0.25) is 0 Å². The number of hydrogen-bond donors (Lipinski definition) is 0. The number of carbonyl (C=O) groups excluding carboxylic acids is 1. The smallest absolute Gasteiger partial charge is 0.276 e. The third-order valence-electron chi connectivity index (χ3n) is 5.57. The van der Waals surface area contributed by atoms with Crippen LogP contribution in [0.15, 0.2) is 10.7 Å². The lowest BCUT2D eigenvalue weighted by atomic mass is 9.92. The SMILES string of the molecule is O=C(c1coc(C2CCOCC2)n1)N1CCCC2CCCC21. The maximum absolute atomic E-state index is 12.8. The minimum absolute atomic E-state index is 0.0682. The molecule has 5 heteroatoms. The predicted octanol–water partition coefficient (Wildman–Crippen LogP) is 2.97. The van der Waals surface area contributed by atoms with Crippen LogP contribution < -0.4 is 0 Å². The van der Waals surface area contributed by atoms with Gasteiger partial charge in [-0.2, -0.15) is 0 Å². The molecule has 4 rings (SSSR count). The average molecular weight is 304 g/mol. The zero-order valence-corrected chi connectivity index (χ0v) is 13.0. The molecular formula is C17H24N2O3. The van der Waals surface area contributed by atoms with Gasteiger partial charge in [0.15, 0.2) is 11.6 Å². The molecular weight excluding hydrogens is 280 g/mol. The van der Waals surface area contributed by atoms with Gasteiger partial charge in [-0.15, -0.1) is 0 Å². The van der Waals surface area contributed by atoms with Crippen LogP contribution in [0.4, 0.5) is 0 Å². The first-order chi connectivity index (χ1) is 10.8. The Labute approximate surface area is 131 Å². The van der Waals surface area contributed by atoms with Crippen LogP contribution in [0.2, 0.25) is 0 Å². The fourth-order valence-electron chi connectivity index (χ4n) is 4.37. The lowest BCUT2D eigenvalue weighted by Crippen LogP contribution is -2.46. The van der Waals surface area contributed by atoms with E-state index < -0.39 is 0 Å². The van der Waals surface area contributed by atoms with E-state index in [1.807, 2.05) is 0 Å². The van der Waals surface area contributed by atoms with Gasteiger partial charge < -0.3 is 14.1 Å². The molecule has 0 spiro atoms. The topological polar surface area (TPSA) is 55.6 Å². The standard InChI is InChI=1S/C17H24N2O3/c20-17(19-8-2-4-12-3-1-5-15(12)19)14-11-22-16(18-14)13-6-9-21-10-7-13/h11-13,15H,1-10H2. The highest BCUT2D eigenvalue weighted by molar-refractivity contribution is 5.92. The molecule has 0 aromatic carbocycles. The summed E-state index contributed by atoms with van der Waals surface area (Å²) in [5, 5.41) is 0. The molecule has 120 valence electrons. The number of hydrogen-bond acceptors (Lipinski definition) is 4. The second-order valence-corrected chi connectivity index (χ2v) is 6.86. The molecule has 0 bridgehead atoms. The molecule has 2 aliphatic heterocycles. The van der Waals surface area contributed by atoms with Gasteiger partial charge in [0.05, 0.1) is 0 Å². The molecule has 1 aromatic heterocycles. The van der Waals surface area contributed by atoms with E-state index in [0.29, 0.717) is 29.5 Å². The second-order valence-electron chi connectivity index (χ2n) is 6.86. The zero-order chi connectivity index (χ0) is 14.9. The number of piperidine rings is 1. The van der Waals surface area contributed by atoms with Gasteiger partial charge >= 0.3 is 0 Å². The number of likely N-dealkylation sites (tertiary alicyclic amines) is 1. The maximum atomic E-state index is 12.8. The monoisotopic (exact) mass is 304 g/mol. The van der Waals surface area contributed by atoms with Gasteiger partial charge in [-0.05, 0) is 44.4 Å². The minimum Gasteiger partial charge on any atom is -0.448 e. The largest absolute Gasteiger partial charge is 0.448 e. The van der Waals surface area contributed by atoms with Gasteiger partial charge in [-0.25, -0.2) is 4.98 Å². The molecule has 2 atom stereocenters. The summed E-state index contributed by atoms with van der Waals surface area (Å²) in [5.41, 5.74) is 0.494. The normalized spacial score (nSPS) is 29.5. The summed E-state index contributed by atoms with van der Waals surface area (Å²) >= 11 is 0. The molecule has 0 radical (unpaired) electrons. The van der Waals surface area contributed by atoms with Crippen molar-refractivity contribution in [2.75, 3.05) is 19.8 Å². The Bertz CT molecular complexity index is 536. The number of ether oxygens (including phenoxy) is 1. The zero-order valence-electron chi connectivity index (χ0n) is 13.0. The first-order valence-corrected chi connectivity index (χ1v) is 8.67. The molecule has 1 aromatic rings. The van der Waals surface area contributed by atoms with Crippen LogP contribution in [0.25, 0.3) is 0 Å². The molecule has 3 aliphatic rings. The summed E-state index contributed by atoms with van der Waals surface area (Å²) in [5.74, 6) is 1.79. The predicted molar refractivity (Wildman–Crippen MR) is 80.7 cm³/mol. The van der Waals surface area contributed by atoms with E-state index in [0.717, 1.165) is 45.4 Å². The Morgan fingerprint density at radius 1 is 1.14 bits per heavy atom. The first kappa shape index (κ1) is 14.2. The maximum Gasteiger partial charge on any atom is 0.276 e. The van der Waals surface area contributed by atoms with E-state index in [9.17, 15) is 4.79 Å². The summed E-state index contributed by atoms with van der Waals surface area (Å²) in [6.07, 6.45) is 9.52. The summed E-state index contributed by atoms with van der Waals surface area (Å²) in [6, 6.07) is 0.435. The molecule has 22 heavy (non-hydrogen) atoms. The number of oxazole rings is 1. The van der Waals surface area contributed by atoms with Crippen molar-refractivity contribution in [3.8, 4) is 0 Å². The van der Waals surface area contributed by atoms with Crippen molar-refractivity contribution in [3.05, 3.63) is 17.8 Å². The van der Waals surface area contributed by atoms with Crippen LogP contribution >= 0.6 is 0 Å². The minimum atomic E-state index is 0.0682. The number of aromatic nitrogens is 1. The third kappa shape index (κ3) is 2.56. The quantitative estimate of drug-likeness (QED) is 0.843. The van der Waals surface area contributed by atoms with E-state index in [2.05, 4.69) is 9.88 Å². The van der Waals surface area contributed by atoms with E-state index in [1.54, 1.807) is 6.26 Å². The molecule has 3 heterocycles. The molecule has 2 saturated heterocycles. The molecule has 1 saturated carbocycles. The Kier molecular flexibility index (Phi) is 3.90. The first-order valence-electron chi connectivity index (χ1n) is 8.67. The molecule has 2 unspecified atom stereocenters. The van der Waals surface area contributed by atoms with Crippen molar-refractivity contribution >= 4 is 5.91 Å². The molecule has 1 amide bonds. The van der Waals surface area contributed by atoms with Gasteiger partial charge in [0.1, 0.15) is 6.26 Å². The Morgan fingerprint density at radius 2 is 1.95 bits per heavy atom. The number of fused-ring (bicyclic) bond motifs is 1. The summed E-state index contributed by atoms with van der Waals surface area (Å²) < 4.78 is 11.0. The fourth-order valence-corrected chi connectivity index (χ4v) is 4.37. The van der Waals surface area contributed by atoms with Gasteiger partial charge in [-0.1, -0.05) is 6.42 Å². The Hall–Kier alpha value is -1.36. The van der Waals surface area contributed by atoms with E-state index in [1.165, 1.54) is 19.3 Å². The van der Waals surface area contributed by atoms with Gasteiger partial charge in [-0.3, -0.25) is 4.79 Å². The fraction of sp³-hybridized carbons (Fsp3) is 0.765. The van der Waals surface area contributed by atoms with Gasteiger partial charge in [0, 0.05) is 31.7 Å². The molecule has 0 N–H and O–H groups in total. The molecule has 5 nitrogen and oxygen atoms in total. The molecule has 3 fully saturated rings. The summed E-state index contributed by atoms with van der Waals surface area (Å²) in [7, 11) is 0. The van der Waals surface area contributed by atoms with Crippen LogP contribution in [-0.4, -0.2) is 41.6 Å². The highest BCUT2D eigenvalue weighted by Gasteiger charge is 2.38. The Morgan fingerprint density at radius 3 is 2.82 bits per heavy atom. The van der Waals surface area contributed by atoms with E-state index in [-0.39, 0.29) is 5.91 Å².